The van der Waals surface area contributed by atoms with Gasteiger partial charge in [0.05, 0.1) is 0 Å². The molecule has 21 heavy (non-hydrogen) atoms. The molecule has 1 atom stereocenters. The maximum atomic E-state index is 4.77. The van der Waals surface area contributed by atoms with E-state index in [1.165, 1.54) is 28.9 Å². The molecule has 0 saturated carbocycles. The number of hydrogen-bond donors (Lipinski definition) is 0. The van der Waals surface area contributed by atoms with Crippen molar-refractivity contribution in [3.63, 3.8) is 0 Å². The second-order valence-corrected chi connectivity index (χ2v) is 6.72. The average Bonchev–Trinajstić information content (AvgIpc) is 2.49. The molecule has 0 amide bonds. The normalized spacial score (nSPS) is 24.0. The SMILES string of the molecule is Cc1cc(C2=NC[C@@H](C)CC2)ccc1N1CCN(C)CC1. The van der Waals surface area contributed by atoms with Gasteiger partial charge in [-0.25, -0.2) is 0 Å². The first-order chi connectivity index (χ1) is 10.1. The van der Waals surface area contributed by atoms with Crippen molar-refractivity contribution >= 4 is 11.4 Å². The second kappa shape index (κ2) is 6.18. The first-order valence-electron chi connectivity index (χ1n) is 8.21. The third-order valence-electron chi connectivity index (χ3n) is 4.84. The van der Waals surface area contributed by atoms with Crippen molar-refractivity contribution < 1.29 is 0 Å². The Kier molecular flexibility index (Phi) is 4.29. The van der Waals surface area contributed by atoms with E-state index in [1.54, 1.807) is 0 Å². The summed E-state index contributed by atoms with van der Waals surface area (Å²) in [4.78, 5) is 9.69. The second-order valence-electron chi connectivity index (χ2n) is 6.72. The molecule has 3 heteroatoms. The maximum absolute atomic E-state index is 4.77. The first kappa shape index (κ1) is 14.6. The van der Waals surface area contributed by atoms with Crippen LogP contribution in [0.25, 0.3) is 0 Å². The van der Waals surface area contributed by atoms with Gasteiger partial charge in [-0.2, -0.15) is 0 Å². The van der Waals surface area contributed by atoms with Gasteiger partial charge in [-0.1, -0.05) is 13.0 Å². The fourth-order valence-electron chi connectivity index (χ4n) is 3.29. The van der Waals surface area contributed by atoms with Crippen LogP contribution in [0.2, 0.25) is 0 Å². The smallest absolute Gasteiger partial charge is 0.0420 e. The Morgan fingerprint density at radius 1 is 1.14 bits per heavy atom. The summed E-state index contributed by atoms with van der Waals surface area (Å²) in [5, 5.41) is 0. The molecule has 1 fully saturated rings. The molecular weight excluding hydrogens is 258 g/mol. The summed E-state index contributed by atoms with van der Waals surface area (Å²) in [6, 6.07) is 6.91. The third-order valence-corrected chi connectivity index (χ3v) is 4.84. The summed E-state index contributed by atoms with van der Waals surface area (Å²) < 4.78 is 0. The molecule has 1 saturated heterocycles. The zero-order valence-corrected chi connectivity index (χ0v) is 13.6. The van der Waals surface area contributed by atoms with Crippen LogP contribution in [0.4, 0.5) is 5.69 Å². The summed E-state index contributed by atoms with van der Waals surface area (Å²) in [5.41, 5.74) is 5.42. The molecule has 1 aromatic rings. The Hall–Kier alpha value is -1.35. The highest BCUT2D eigenvalue weighted by molar-refractivity contribution is 6.01. The minimum absolute atomic E-state index is 0.749. The monoisotopic (exact) mass is 285 g/mol. The van der Waals surface area contributed by atoms with E-state index in [4.69, 9.17) is 4.99 Å². The minimum Gasteiger partial charge on any atom is -0.369 e. The molecule has 0 unspecified atom stereocenters. The molecule has 0 spiro atoms. The van der Waals surface area contributed by atoms with Crippen LogP contribution in [-0.2, 0) is 0 Å². The summed E-state index contributed by atoms with van der Waals surface area (Å²) in [6.45, 7) is 10.1. The van der Waals surface area contributed by atoms with Gasteiger partial charge in [-0.15, -0.1) is 0 Å². The van der Waals surface area contributed by atoms with Crippen LogP contribution in [0.1, 0.15) is 30.9 Å². The minimum atomic E-state index is 0.749. The molecule has 0 aromatic heterocycles. The van der Waals surface area contributed by atoms with Gasteiger partial charge in [-0.05, 0) is 56.0 Å². The van der Waals surface area contributed by atoms with E-state index in [9.17, 15) is 0 Å². The predicted octanol–water partition coefficient (Wildman–Crippen LogP) is 2.97. The van der Waals surface area contributed by atoms with Gasteiger partial charge in [0.1, 0.15) is 0 Å². The molecular formula is C18H27N3. The van der Waals surface area contributed by atoms with Gasteiger partial charge in [0, 0.05) is 44.1 Å². The largest absolute Gasteiger partial charge is 0.369 e. The standard InChI is InChI=1S/C18H27N3/c1-14-4-6-17(19-13-14)16-5-7-18(15(2)12-16)21-10-8-20(3)9-11-21/h5,7,12,14H,4,6,8-11,13H2,1-3H3/t14-/m0/s1. The molecule has 3 nitrogen and oxygen atoms in total. The predicted molar refractivity (Wildman–Crippen MR) is 90.7 cm³/mol. The molecule has 2 aliphatic heterocycles. The number of nitrogens with zero attached hydrogens (tertiary/aromatic N) is 3. The Morgan fingerprint density at radius 3 is 2.52 bits per heavy atom. The van der Waals surface area contributed by atoms with Gasteiger partial charge >= 0.3 is 0 Å². The van der Waals surface area contributed by atoms with E-state index in [0.717, 1.165) is 45.1 Å². The number of aliphatic imine (C=N–C) groups is 1. The van der Waals surface area contributed by atoms with Crippen molar-refractivity contribution in [1.82, 2.24) is 4.90 Å². The average molecular weight is 285 g/mol. The summed E-state index contributed by atoms with van der Waals surface area (Å²) in [6.07, 6.45) is 2.41. The molecule has 0 N–H and O–H groups in total. The fraction of sp³-hybridized carbons (Fsp3) is 0.611. The molecule has 0 radical (unpaired) electrons. The number of benzene rings is 1. The quantitative estimate of drug-likeness (QED) is 0.832. The first-order valence-corrected chi connectivity index (χ1v) is 8.21. The Bertz CT molecular complexity index is 527. The van der Waals surface area contributed by atoms with Gasteiger partial charge in [0.2, 0.25) is 0 Å². The lowest BCUT2D eigenvalue weighted by atomic mass is 9.94. The molecule has 114 valence electrons. The molecule has 0 bridgehead atoms. The van der Waals surface area contributed by atoms with E-state index in [-0.39, 0.29) is 0 Å². The van der Waals surface area contributed by atoms with Gasteiger partial charge < -0.3 is 9.80 Å². The third kappa shape index (κ3) is 3.29. The van der Waals surface area contributed by atoms with Crippen LogP contribution >= 0.6 is 0 Å². The van der Waals surface area contributed by atoms with Crippen LogP contribution in [0, 0.1) is 12.8 Å². The summed E-state index contributed by atoms with van der Waals surface area (Å²) in [7, 11) is 2.20. The highest BCUT2D eigenvalue weighted by atomic mass is 15.2. The van der Waals surface area contributed by atoms with E-state index >= 15 is 0 Å². The number of rotatable bonds is 2. The highest BCUT2D eigenvalue weighted by Crippen LogP contribution is 2.25. The fourth-order valence-corrected chi connectivity index (χ4v) is 3.29. The number of likely N-dealkylation sites (N-methyl/N-ethyl adjacent to an activating group) is 1. The van der Waals surface area contributed by atoms with Crippen molar-refractivity contribution in [3.05, 3.63) is 29.3 Å². The molecule has 1 aromatic carbocycles. The van der Waals surface area contributed by atoms with E-state index in [2.05, 4.69) is 48.9 Å². The van der Waals surface area contributed by atoms with Crippen LogP contribution < -0.4 is 4.90 Å². The van der Waals surface area contributed by atoms with Crippen molar-refractivity contribution in [2.75, 3.05) is 44.7 Å². The van der Waals surface area contributed by atoms with E-state index < -0.39 is 0 Å². The molecule has 0 aliphatic carbocycles. The summed E-state index contributed by atoms with van der Waals surface area (Å²) in [5.74, 6) is 0.749. The Morgan fingerprint density at radius 2 is 1.90 bits per heavy atom. The maximum Gasteiger partial charge on any atom is 0.0420 e. The number of aryl methyl sites for hydroxylation is 1. The van der Waals surface area contributed by atoms with Crippen molar-refractivity contribution in [2.45, 2.75) is 26.7 Å². The van der Waals surface area contributed by atoms with Gasteiger partial charge in [-0.3, -0.25) is 4.99 Å². The van der Waals surface area contributed by atoms with Crippen LogP contribution in [0.3, 0.4) is 0 Å². The lowest BCUT2D eigenvalue weighted by Crippen LogP contribution is -2.44. The molecule has 3 rings (SSSR count). The highest BCUT2D eigenvalue weighted by Gasteiger charge is 2.17. The zero-order valence-electron chi connectivity index (χ0n) is 13.6. The van der Waals surface area contributed by atoms with Gasteiger partial charge in [0.25, 0.3) is 0 Å². The van der Waals surface area contributed by atoms with Crippen molar-refractivity contribution in [3.8, 4) is 0 Å². The molecule has 2 heterocycles. The number of hydrogen-bond acceptors (Lipinski definition) is 3. The van der Waals surface area contributed by atoms with Crippen molar-refractivity contribution in [1.29, 1.82) is 0 Å². The van der Waals surface area contributed by atoms with Gasteiger partial charge in [0.15, 0.2) is 0 Å². The van der Waals surface area contributed by atoms with E-state index in [0.29, 0.717) is 0 Å². The van der Waals surface area contributed by atoms with Crippen LogP contribution in [0.15, 0.2) is 23.2 Å². The summed E-state index contributed by atoms with van der Waals surface area (Å²) >= 11 is 0. The Balaban J connectivity index is 1.77. The zero-order chi connectivity index (χ0) is 14.8. The van der Waals surface area contributed by atoms with E-state index in [1.807, 2.05) is 0 Å². The number of piperazine rings is 1. The lowest BCUT2D eigenvalue weighted by molar-refractivity contribution is 0.312. The number of anilines is 1. The van der Waals surface area contributed by atoms with Crippen LogP contribution in [-0.4, -0.2) is 50.4 Å². The molecule has 2 aliphatic rings. The topological polar surface area (TPSA) is 18.8 Å². The van der Waals surface area contributed by atoms with Crippen molar-refractivity contribution in [2.24, 2.45) is 10.9 Å². The Labute approximate surface area is 128 Å². The van der Waals surface area contributed by atoms with Crippen LogP contribution in [0.5, 0.6) is 0 Å². The lowest BCUT2D eigenvalue weighted by Gasteiger charge is -2.35.